The molecule has 1 unspecified atom stereocenters. The van der Waals surface area contributed by atoms with E-state index < -0.39 is 6.04 Å². The van der Waals surface area contributed by atoms with Crippen molar-refractivity contribution in [3.8, 4) is 0 Å². The Morgan fingerprint density at radius 2 is 1.69 bits per heavy atom. The van der Waals surface area contributed by atoms with Crippen molar-refractivity contribution in [1.82, 2.24) is 0 Å². The summed E-state index contributed by atoms with van der Waals surface area (Å²) in [6.07, 6.45) is 0.0631. The van der Waals surface area contributed by atoms with Crippen LogP contribution in [0.2, 0.25) is 0 Å². The molecule has 2 amide bonds. The molecule has 1 heterocycles. The molecule has 1 aliphatic heterocycles. The second-order valence-electron chi connectivity index (χ2n) is 6.86. The van der Waals surface area contributed by atoms with E-state index in [0.717, 1.165) is 28.2 Å². The summed E-state index contributed by atoms with van der Waals surface area (Å²) in [6, 6.07) is 10.9. The minimum Gasteiger partial charge on any atom is -0.378 e. The fourth-order valence-electron chi connectivity index (χ4n) is 2.90. The molecule has 0 aliphatic carbocycles. The summed E-state index contributed by atoms with van der Waals surface area (Å²) in [5.41, 5.74) is 5.62. The summed E-state index contributed by atoms with van der Waals surface area (Å²) in [5, 5.41) is 8.90. The van der Waals surface area contributed by atoms with Crippen LogP contribution in [0.15, 0.2) is 36.4 Å². The number of fused-ring (bicyclic) bond motifs is 1. The first-order chi connectivity index (χ1) is 12.3. The number of hydrogen-bond donors (Lipinski definition) is 3. The summed E-state index contributed by atoms with van der Waals surface area (Å²) < 4.78 is 0. The van der Waals surface area contributed by atoms with E-state index in [4.69, 9.17) is 0 Å². The Bertz CT molecular complexity index is 844. The Morgan fingerprint density at radius 1 is 1.08 bits per heavy atom. The number of aryl methyl sites for hydroxylation is 2. The summed E-state index contributed by atoms with van der Waals surface area (Å²) in [5.74, 6) is -0.401. The Balaban J connectivity index is 1.65. The van der Waals surface area contributed by atoms with Crippen molar-refractivity contribution < 1.29 is 9.59 Å². The number of carbonyl (C=O) groups is 2. The van der Waals surface area contributed by atoms with Crippen LogP contribution in [0.1, 0.15) is 17.5 Å². The van der Waals surface area contributed by atoms with Crippen molar-refractivity contribution in [3.63, 3.8) is 0 Å². The van der Waals surface area contributed by atoms with Gasteiger partial charge in [0, 0.05) is 25.5 Å². The predicted molar refractivity (Wildman–Crippen MR) is 106 cm³/mol. The average Bonchev–Trinajstić information content (AvgIpc) is 2.58. The molecule has 3 N–H and O–H groups in total. The van der Waals surface area contributed by atoms with Gasteiger partial charge in [-0.2, -0.15) is 0 Å². The van der Waals surface area contributed by atoms with Gasteiger partial charge in [0.05, 0.1) is 17.8 Å². The van der Waals surface area contributed by atoms with E-state index in [-0.39, 0.29) is 18.2 Å². The van der Waals surface area contributed by atoms with E-state index in [2.05, 4.69) is 16.0 Å². The molecular weight excluding hydrogens is 328 g/mol. The standard InChI is InChI=1S/C20H24N4O2/c1-12-9-16-17(10-13(12)2)23-20(26)18(22-16)11-19(25)21-14-5-7-15(8-6-14)24(3)4/h5-10,18,22H,11H2,1-4H3,(H,21,25)(H,23,26). The van der Waals surface area contributed by atoms with Crippen molar-refractivity contribution in [1.29, 1.82) is 0 Å². The van der Waals surface area contributed by atoms with Gasteiger partial charge in [-0.15, -0.1) is 0 Å². The fraction of sp³-hybridized carbons (Fsp3) is 0.300. The van der Waals surface area contributed by atoms with Crippen LogP contribution in [-0.2, 0) is 9.59 Å². The minimum absolute atomic E-state index is 0.0631. The van der Waals surface area contributed by atoms with Crippen molar-refractivity contribution in [3.05, 3.63) is 47.5 Å². The lowest BCUT2D eigenvalue weighted by molar-refractivity contribution is -0.122. The molecule has 0 saturated heterocycles. The van der Waals surface area contributed by atoms with Crippen LogP contribution in [0, 0.1) is 13.8 Å². The molecule has 0 spiro atoms. The zero-order valence-corrected chi connectivity index (χ0v) is 15.5. The first kappa shape index (κ1) is 17.8. The van der Waals surface area contributed by atoms with Crippen molar-refractivity contribution in [2.24, 2.45) is 0 Å². The molecule has 136 valence electrons. The SMILES string of the molecule is Cc1cc2c(cc1C)NC(CC(=O)Nc1ccc(N(C)C)cc1)C(=O)N2. The van der Waals surface area contributed by atoms with Crippen molar-refractivity contribution in [2.45, 2.75) is 26.3 Å². The van der Waals surface area contributed by atoms with Gasteiger partial charge in [0.2, 0.25) is 11.8 Å². The third kappa shape index (κ3) is 3.79. The number of nitrogens with one attached hydrogen (secondary N) is 3. The van der Waals surface area contributed by atoms with Crippen LogP contribution in [0.4, 0.5) is 22.7 Å². The second-order valence-corrected chi connectivity index (χ2v) is 6.86. The molecule has 6 heteroatoms. The maximum atomic E-state index is 12.3. The third-order valence-electron chi connectivity index (χ3n) is 4.59. The van der Waals surface area contributed by atoms with Gasteiger partial charge >= 0.3 is 0 Å². The highest BCUT2D eigenvalue weighted by Crippen LogP contribution is 2.30. The number of hydrogen-bond acceptors (Lipinski definition) is 4. The summed E-state index contributed by atoms with van der Waals surface area (Å²) in [4.78, 5) is 26.6. The monoisotopic (exact) mass is 352 g/mol. The first-order valence-electron chi connectivity index (χ1n) is 8.59. The van der Waals surface area contributed by atoms with Crippen LogP contribution in [0.25, 0.3) is 0 Å². The highest BCUT2D eigenvalue weighted by atomic mass is 16.2. The number of carbonyl (C=O) groups excluding carboxylic acids is 2. The van der Waals surface area contributed by atoms with Crippen molar-refractivity contribution >= 4 is 34.6 Å². The quantitative estimate of drug-likeness (QED) is 0.790. The van der Waals surface area contributed by atoms with Crippen LogP contribution in [0.5, 0.6) is 0 Å². The summed E-state index contributed by atoms with van der Waals surface area (Å²) >= 11 is 0. The molecule has 3 rings (SSSR count). The van der Waals surface area contributed by atoms with Gasteiger partial charge in [-0.3, -0.25) is 9.59 Å². The van der Waals surface area contributed by atoms with Gasteiger partial charge in [0.25, 0.3) is 0 Å². The van der Waals surface area contributed by atoms with Crippen LogP contribution < -0.4 is 20.9 Å². The Labute approximate surface area is 153 Å². The molecule has 6 nitrogen and oxygen atoms in total. The zero-order valence-electron chi connectivity index (χ0n) is 15.5. The summed E-state index contributed by atoms with van der Waals surface area (Å²) in [7, 11) is 3.92. The van der Waals surface area contributed by atoms with Gasteiger partial charge in [0.15, 0.2) is 0 Å². The van der Waals surface area contributed by atoms with Crippen LogP contribution >= 0.6 is 0 Å². The van der Waals surface area contributed by atoms with E-state index in [1.807, 2.05) is 69.2 Å². The smallest absolute Gasteiger partial charge is 0.247 e. The average molecular weight is 352 g/mol. The highest BCUT2D eigenvalue weighted by Gasteiger charge is 2.27. The Hall–Kier alpha value is -3.02. The Kier molecular flexibility index (Phi) is 4.84. The molecule has 0 saturated carbocycles. The van der Waals surface area contributed by atoms with Gasteiger partial charge in [0.1, 0.15) is 6.04 Å². The molecule has 1 aliphatic rings. The fourth-order valence-corrected chi connectivity index (χ4v) is 2.90. The number of amides is 2. The van der Waals surface area contributed by atoms with Crippen LogP contribution in [-0.4, -0.2) is 32.0 Å². The topological polar surface area (TPSA) is 73.5 Å². The highest BCUT2D eigenvalue weighted by molar-refractivity contribution is 6.06. The maximum Gasteiger partial charge on any atom is 0.247 e. The van der Waals surface area contributed by atoms with Crippen molar-refractivity contribution in [2.75, 3.05) is 34.9 Å². The molecule has 0 bridgehead atoms. The lowest BCUT2D eigenvalue weighted by atomic mass is 10.0. The van der Waals surface area contributed by atoms with Crippen LogP contribution in [0.3, 0.4) is 0 Å². The Morgan fingerprint density at radius 3 is 2.31 bits per heavy atom. The molecule has 26 heavy (non-hydrogen) atoms. The number of anilines is 4. The molecule has 1 atom stereocenters. The molecule has 2 aromatic rings. The lowest BCUT2D eigenvalue weighted by Gasteiger charge is -2.27. The van der Waals surface area contributed by atoms with Gasteiger partial charge in [-0.1, -0.05) is 0 Å². The minimum atomic E-state index is -0.592. The molecule has 0 aromatic heterocycles. The molecule has 0 fully saturated rings. The molecular formula is C20H24N4O2. The maximum absolute atomic E-state index is 12.3. The lowest BCUT2D eigenvalue weighted by Crippen LogP contribution is -2.41. The molecule has 0 radical (unpaired) electrons. The number of benzene rings is 2. The van der Waals surface area contributed by atoms with E-state index in [9.17, 15) is 9.59 Å². The van der Waals surface area contributed by atoms with E-state index in [1.165, 1.54) is 0 Å². The third-order valence-corrected chi connectivity index (χ3v) is 4.59. The number of nitrogens with zero attached hydrogens (tertiary/aromatic N) is 1. The number of rotatable bonds is 4. The largest absolute Gasteiger partial charge is 0.378 e. The normalized spacial score (nSPS) is 15.5. The van der Waals surface area contributed by atoms with Gasteiger partial charge < -0.3 is 20.9 Å². The van der Waals surface area contributed by atoms with E-state index in [1.54, 1.807) is 0 Å². The van der Waals surface area contributed by atoms with Gasteiger partial charge in [-0.25, -0.2) is 0 Å². The summed E-state index contributed by atoms with van der Waals surface area (Å²) in [6.45, 7) is 4.02. The predicted octanol–water partition coefficient (Wildman–Crippen LogP) is 3.13. The zero-order chi connectivity index (χ0) is 18.8. The first-order valence-corrected chi connectivity index (χ1v) is 8.59. The van der Waals surface area contributed by atoms with E-state index >= 15 is 0 Å². The van der Waals surface area contributed by atoms with E-state index in [0.29, 0.717) is 5.69 Å². The van der Waals surface area contributed by atoms with Gasteiger partial charge in [-0.05, 0) is 61.4 Å². The second kappa shape index (κ2) is 7.07. The molecule has 2 aromatic carbocycles.